The number of hydrogen-bond acceptors (Lipinski definition) is 7. The van der Waals surface area contributed by atoms with E-state index in [0.29, 0.717) is 23.5 Å². The molecular weight excluding hydrogens is 342 g/mol. The molecule has 7 nitrogen and oxygen atoms in total. The van der Waals surface area contributed by atoms with Crippen molar-refractivity contribution < 1.29 is 9.47 Å². The summed E-state index contributed by atoms with van der Waals surface area (Å²) >= 11 is 0. The van der Waals surface area contributed by atoms with E-state index < -0.39 is 0 Å². The van der Waals surface area contributed by atoms with Crippen molar-refractivity contribution in [1.29, 1.82) is 0 Å². The fraction of sp³-hybridized carbons (Fsp3) is 0.600. The van der Waals surface area contributed by atoms with Crippen LogP contribution < -0.4 is 25.4 Å². The average molecular weight is 374 g/mol. The maximum Gasteiger partial charge on any atom is 0.225 e. The predicted octanol–water partition coefficient (Wildman–Crippen LogP) is 3.41. The molecule has 1 fully saturated rings. The molecule has 0 radical (unpaired) electrons. The Balaban J connectivity index is 1.88. The van der Waals surface area contributed by atoms with E-state index in [1.807, 2.05) is 12.1 Å². The lowest BCUT2D eigenvalue weighted by Gasteiger charge is -2.17. The smallest absolute Gasteiger partial charge is 0.225 e. The lowest BCUT2D eigenvalue weighted by Crippen LogP contribution is -2.23. The van der Waals surface area contributed by atoms with Crippen LogP contribution in [0.25, 0.3) is 10.9 Å². The molecule has 0 amide bonds. The monoisotopic (exact) mass is 373 g/mol. The van der Waals surface area contributed by atoms with Crippen molar-refractivity contribution in [3.05, 3.63) is 12.1 Å². The molecule has 1 saturated heterocycles. The third-order valence-electron chi connectivity index (χ3n) is 4.92. The molecule has 0 unspecified atom stereocenters. The van der Waals surface area contributed by atoms with E-state index in [4.69, 9.17) is 19.4 Å². The molecule has 2 aromatic rings. The molecule has 148 valence electrons. The number of unbranched alkanes of at least 4 members (excludes halogenated alkanes) is 3. The SMILES string of the molecule is CCCCCCNc1nc(N[C@H]2CCNC2)c2cc(OC)c(OC)cc2n1. The highest BCUT2D eigenvalue weighted by molar-refractivity contribution is 5.92. The summed E-state index contributed by atoms with van der Waals surface area (Å²) in [7, 11) is 3.28. The van der Waals surface area contributed by atoms with Crippen molar-refractivity contribution in [3.8, 4) is 11.5 Å². The second-order valence-electron chi connectivity index (χ2n) is 6.94. The van der Waals surface area contributed by atoms with Gasteiger partial charge in [0.15, 0.2) is 11.5 Å². The maximum atomic E-state index is 5.47. The van der Waals surface area contributed by atoms with Crippen LogP contribution in [0.5, 0.6) is 11.5 Å². The molecular formula is C20H31N5O2. The highest BCUT2D eigenvalue weighted by Gasteiger charge is 2.18. The molecule has 1 atom stereocenters. The van der Waals surface area contributed by atoms with Crippen molar-refractivity contribution in [3.63, 3.8) is 0 Å². The van der Waals surface area contributed by atoms with Gasteiger partial charge in [0, 0.05) is 30.6 Å². The van der Waals surface area contributed by atoms with Gasteiger partial charge in [-0.05, 0) is 25.5 Å². The van der Waals surface area contributed by atoms with Gasteiger partial charge in [0.05, 0.1) is 19.7 Å². The Morgan fingerprint density at radius 3 is 2.63 bits per heavy atom. The van der Waals surface area contributed by atoms with E-state index >= 15 is 0 Å². The van der Waals surface area contributed by atoms with Crippen molar-refractivity contribution >= 4 is 22.7 Å². The van der Waals surface area contributed by atoms with Crippen LogP contribution in [0.15, 0.2) is 12.1 Å². The lowest BCUT2D eigenvalue weighted by atomic mass is 10.2. The van der Waals surface area contributed by atoms with Gasteiger partial charge in [-0.25, -0.2) is 4.98 Å². The zero-order valence-corrected chi connectivity index (χ0v) is 16.6. The molecule has 0 spiro atoms. The third-order valence-corrected chi connectivity index (χ3v) is 4.92. The van der Waals surface area contributed by atoms with Gasteiger partial charge in [-0.15, -0.1) is 0 Å². The van der Waals surface area contributed by atoms with Gasteiger partial charge in [-0.3, -0.25) is 0 Å². The van der Waals surface area contributed by atoms with Crippen LogP contribution in [0, 0.1) is 0 Å². The second-order valence-corrected chi connectivity index (χ2v) is 6.94. The van der Waals surface area contributed by atoms with Gasteiger partial charge >= 0.3 is 0 Å². The lowest BCUT2D eigenvalue weighted by molar-refractivity contribution is 0.356. The fourth-order valence-corrected chi connectivity index (χ4v) is 3.37. The van der Waals surface area contributed by atoms with Crippen molar-refractivity contribution in [2.45, 2.75) is 45.1 Å². The summed E-state index contributed by atoms with van der Waals surface area (Å²) in [5.74, 6) is 2.85. The standard InChI is InChI=1S/C20H31N5O2/c1-4-5-6-7-9-22-20-24-16-12-18(27-3)17(26-2)11-15(16)19(25-20)23-14-8-10-21-13-14/h11-12,14,21H,4-10,13H2,1-3H3,(H2,22,23,24,25)/t14-/m0/s1. The summed E-state index contributed by atoms with van der Waals surface area (Å²) in [5, 5.41) is 11.3. The summed E-state index contributed by atoms with van der Waals surface area (Å²) in [6, 6.07) is 4.23. The molecule has 7 heteroatoms. The van der Waals surface area contributed by atoms with Crippen LogP contribution in [0.3, 0.4) is 0 Å². The summed E-state index contributed by atoms with van der Waals surface area (Å²) in [4.78, 5) is 9.45. The van der Waals surface area contributed by atoms with Gasteiger partial charge in [0.1, 0.15) is 5.82 Å². The Kier molecular flexibility index (Phi) is 6.92. The van der Waals surface area contributed by atoms with Crippen LogP contribution in [0.2, 0.25) is 0 Å². The van der Waals surface area contributed by atoms with E-state index in [-0.39, 0.29) is 0 Å². The minimum atomic E-state index is 0.369. The third kappa shape index (κ3) is 4.91. The Labute approximate surface area is 161 Å². The summed E-state index contributed by atoms with van der Waals surface area (Å²) in [6.45, 7) is 5.07. The normalized spacial score (nSPS) is 16.5. The first-order valence-electron chi connectivity index (χ1n) is 9.90. The number of nitrogens with zero attached hydrogens (tertiary/aromatic N) is 2. The van der Waals surface area contributed by atoms with E-state index in [1.54, 1.807) is 14.2 Å². The number of rotatable bonds is 10. The molecule has 2 heterocycles. The van der Waals surface area contributed by atoms with Gasteiger partial charge < -0.3 is 25.4 Å². The molecule has 3 rings (SSSR count). The van der Waals surface area contributed by atoms with Crippen molar-refractivity contribution in [1.82, 2.24) is 15.3 Å². The van der Waals surface area contributed by atoms with Crippen LogP contribution in [0.4, 0.5) is 11.8 Å². The van der Waals surface area contributed by atoms with Crippen LogP contribution in [0.1, 0.15) is 39.0 Å². The minimum absolute atomic E-state index is 0.369. The molecule has 0 aliphatic carbocycles. The summed E-state index contributed by atoms with van der Waals surface area (Å²) in [6.07, 6.45) is 5.92. The first kappa shape index (κ1) is 19.5. The first-order valence-corrected chi connectivity index (χ1v) is 9.90. The Hall–Kier alpha value is -2.28. The Morgan fingerprint density at radius 2 is 1.93 bits per heavy atom. The van der Waals surface area contributed by atoms with Crippen LogP contribution in [-0.4, -0.2) is 49.9 Å². The predicted molar refractivity (Wildman–Crippen MR) is 110 cm³/mol. The van der Waals surface area contributed by atoms with Gasteiger partial charge in [0.25, 0.3) is 0 Å². The number of benzene rings is 1. The van der Waals surface area contributed by atoms with Crippen molar-refractivity contribution in [2.75, 3.05) is 44.5 Å². The largest absolute Gasteiger partial charge is 0.493 e. The number of nitrogens with one attached hydrogen (secondary N) is 3. The van der Waals surface area contributed by atoms with Crippen LogP contribution in [-0.2, 0) is 0 Å². The zero-order valence-electron chi connectivity index (χ0n) is 16.6. The van der Waals surface area contributed by atoms with Gasteiger partial charge in [-0.2, -0.15) is 4.98 Å². The average Bonchev–Trinajstić information content (AvgIpc) is 3.20. The highest BCUT2D eigenvalue weighted by atomic mass is 16.5. The van der Waals surface area contributed by atoms with Gasteiger partial charge in [-0.1, -0.05) is 26.2 Å². The Bertz CT molecular complexity index is 747. The molecule has 27 heavy (non-hydrogen) atoms. The molecule has 1 aromatic heterocycles. The number of anilines is 2. The first-order chi connectivity index (χ1) is 13.2. The van der Waals surface area contributed by atoms with E-state index in [9.17, 15) is 0 Å². The second kappa shape index (κ2) is 9.60. The fourth-order valence-electron chi connectivity index (χ4n) is 3.37. The molecule has 1 aliphatic heterocycles. The van der Waals surface area contributed by atoms with Crippen molar-refractivity contribution in [2.24, 2.45) is 0 Å². The quantitative estimate of drug-likeness (QED) is 0.551. The molecule has 1 aromatic carbocycles. The van der Waals surface area contributed by atoms with E-state index in [1.165, 1.54) is 19.3 Å². The highest BCUT2D eigenvalue weighted by Crippen LogP contribution is 2.35. The number of aromatic nitrogens is 2. The molecule has 1 aliphatic rings. The van der Waals surface area contributed by atoms with Crippen LogP contribution >= 0.6 is 0 Å². The van der Waals surface area contributed by atoms with E-state index in [2.05, 4.69) is 22.9 Å². The summed E-state index contributed by atoms with van der Waals surface area (Å²) in [5.41, 5.74) is 0.840. The topological polar surface area (TPSA) is 80.3 Å². The Morgan fingerprint density at radius 1 is 1.11 bits per heavy atom. The molecule has 0 bridgehead atoms. The number of hydrogen-bond donors (Lipinski definition) is 3. The number of methoxy groups -OCH3 is 2. The molecule has 0 saturated carbocycles. The maximum absolute atomic E-state index is 5.47. The number of fused-ring (bicyclic) bond motifs is 1. The van der Waals surface area contributed by atoms with Gasteiger partial charge in [0.2, 0.25) is 5.95 Å². The van der Waals surface area contributed by atoms with E-state index in [0.717, 1.165) is 49.2 Å². The number of ether oxygens (including phenoxy) is 2. The zero-order chi connectivity index (χ0) is 19.1. The minimum Gasteiger partial charge on any atom is -0.493 e. The molecule has 3 N–H and O–H groups in total. The summed E-state index contributed by atoms with van der Waals surface area (Å²) < 4.78 is 10.9.